The van der Waals surface area contributed by atoms with Crippen LogP contribution in [0.2, 0.25) is 0 Å². The smallest absolute Gasteiger partial charge is 0.238 e. The fourth-order valence-corrected chi connectivity index (χ4v) is 3.36. The second-order valence-corrected chi connectivity index (χ2v) is 7.31. The van der Waals surface area contributed by atoms with Crippen molar-refractivity contribution in [2.45, 2.75) is 37.5 Å². The summed E-state index contributed by atoms with van der Waals surface area (Å²) in [5.41, 5.74) is 0.974. The molecule has 2 rings (SSSR count). The molecule has 5 nitrogen and oxygen atoms in total. The molecule has 0 radical (unpaired) electrons. The summed E-state index contributed by atoms with van der Waals surface area (Å²) in [4.78, 5) is 12.1. The average Bonchev–Trinajstić information content (AvgIpc) is 2.84. The molecule has 1 saturated carbocycles. The molecule has 0 bridgehead atoms. The number of carbonyl (C=O) groups excluding carboxylic acids is 1. The van der Waals surface area contributed by atoms with E-state index in [1.807, 2.05) is 0 Å². The Morgan fingerprint density at radius 3 is 2.48 bits per heavy atom. The lowest BCUT2D eigenvalue weighted by Crippen LogP contribution is -2.33. The molecule has 1 aliphatic carbocycles. The molecule has 6 heteroatoms. The van der Waals surface area contributed by atoms with Crippen molar-refractivity contribution >= 4 is 15.9 Å². The molecule has 2 unspecified atom stereocenters. The first kappa shape index (κ1) is 16.0. The van der Waals surface area contributed by atoms with Crippen LogP contribution < -0.4 is 10.5 Å². The SMILES string of the molecule is CC1CCCC1C(=O)NCCc1ccc(S(N)(=O)=O)cc1. The highest BCUT2D eigenvalue weighted by Gasteiger charge is 2.29. The molecule has 3 N–H and O–H groups in total. The van der Waals surface area contributed by atoms with E-state index >= 15 is 0 Å². The topological polar surface area (TPSA) is 89.3 Å². The Morgan fingerprint density at radius 2 is 1.95 bits per heavy atom. The number of nitrogens with one attached hydrogen (secondary N) is 1. The van der Waals surface area contributed by atoms with Crippen LogP contribution in [0.15, 0.2) is 29.2 Å². The lowest BCUT2D eigenvalue weighted by atomic mass is 9.97. The summed E-state index contributed by atoms with van der Waals surface area (Å²) < 4.78 is 22.3. The van der Waals surface area contributed by atoms with Gasteiger partial charge in [0.1, 0.15) is 0 Å². The summed E-state index contributed by atoms with van der Waals surface area (Å²) in [7, 11) is -3.64. The number of nitrogens with two attached hydrogens (primary N) is 1. The first-order valence-electron chi connectivity index (χ1n) is 7.27. The lowest BCUT2D eigenvalue weighted by molar-refractivity contribution is -0.125. The molecule has 1 fully saturated rings. The molecule has 0 saturated heterocycles. The van der Waals surface area contributed by atoms with Crippen molar-refractivity contribution < 1.29 is 13.2 Å². The van der Waals surface area contributed by atoms with Crippen LogP contribution in [-0.2, 0) is 21.2 Å². The Balaban J connectivity index is 1.82. The number of primary sulfonamides is 1. The number of rotatable bonds is 5. The van der Waals surface area contributed by atoms with Crippen molar-refractivity contribution in [3.63, 3.8) is 0 Å². The van der Waals surface area contributed by atoms with E-state index in [-0.39, 0.29) is 16.7 Å². The molecule has 1 aliphatic rings. The molecule has 0 aliphatic heterocycles. The fourth-order valence-electron chi connectivity index (χ4n) is 2.84. The van der Waals surface area contributed by atoms with E-state index in [4.69, 9.17) is 5.14 Å². The zero-order chi connectivity index (χ0) is 15.5. The number of hydrogen-bond donors (Lipinski definition) is 2. The number of sulfonamides is 1. The van der Waals surface area contributed by atoms with Crippen LogP contribution >= 0.6 is 0 Å². The average molecular weight is 310 g/mol. The van der Waals surface area contributed by atoms with Crippen molar-refractivity contribution in [1.29, 1.82) is 0 Å². The van der Waals surface area contributed by atoms with Gasteiger partial charge in [0.2, 0.25) is 15.9 Å². The molecule has 1 amide bonds. The Labute approximate surface area is 126 Å². The fraction of sp³-hybridized carbons (Fsp3) is 0.533. The summed E-state index contributed by atoms with van der Waals surface area (Å²) in [6.07, 6.45) is 3.93. The molecule has 0 aromatic heterocycles. The third-order valence-corrected chi connectivity index (χ3v) is 5.09. The highest BCUT2D eigenvalue weighted by Crippen LogP contribution is 2.31. The minimum absolute atomic E-state index is 0.107. The van der Waals surface area contributed by atoms with E-state index in [1.165, 1.54) is 12.1 Å². The number of carbonyl (C=O) groups is 1. The predicted octanol–water partition coefficient (Wildman–Crippen LogP) is 1.43. The van der Waals surface area contributed by atoms with Crippen LogP contribution in [0.4, 0.5) is 0 Å². The molecular weight excluding hydrogens is 288 g/mol. The Bertz CT molecular complexity index is 596. The monoisotopic (exact) mass is 310 g/mol. The third-order valence-electron chi connectivity index (χ3n) is 4.16. The molecule has 0 spiro atoms. The number of benzene rings is 1. The van der Waals surface area contributed by atoms with Gasteiger partial charge >= 0.3 is 0 Å². The summed E-state index contributed by atoms with van der Waals surface area (Å²) in [5, 5.41) is 8.01. The van der Waals surface area contributed by atoms with Crippen LogP contribution in [-0.4, -0.2) is 20.9 Å². The first-order valence-corrected chi connectivity index (χ1v) is 8.82. The highest BCUT2D eigenvalue weighted by atomic mass is 32.2. The van der Waals surface area contributed by atoms with Crippen LogP contribution in [0, 0.1) is 11.8 Å². The quantitative estimate of drug-likeness (QED) is 0.862. The minimum Gasteiger partial charge on any atom is -0.356 e. The maximum Gasteiger partial charge on any atom is 0.238 e. The first-order chi connectivity index (χ1) is 9.88. The number of amides is 1. The highest BCUT2D eigenvalue weighted by molar-refractivity contribution is 7.89. The van der Waals surface area contributed by atoms with Gasteiger partial charge in [-0.3, -0.25) is 4.79 Å². The van der Waals surface area contributed by atoms with Gasteiger partial charge in [-0.05, 0) is 42.9 Å². The third kappa shape index (κ3) is 4.28. The molecule has 1 aromatic carbocycles. The van der Waals surface area contributed by atoms with E-state index in [1.54, 1.807) is 12.1 Å². The van der Waals surface area contributed by atoms with Crippen molar-refractivity contribution in [2.24, 2.45) is 17.0 Å². The lowest BCUT2D eigenvalue weighted by Gasteiger charge is -2.15. The molecule has 0 heterocycles. The van der Waals surface area contributed by atoms with Gasteiger partial charge in [0.25, 0.3) is 0 Å². The largest absolute Gasteiger partial charge is 0.356 e. The number of hydrogen-bond acceptors (Lipinski definition) is 3. The molecule has 21 heavy (non-hydrogen) atoms. The summed E-state index contributed by atoms with van der Waals surface area (Å²) in [6, 6.07) is 6.44. The van der Waals surface area contributed by atoms with Crippen molar-refractivity contribution in [3.05, 3.63) is 29.8 Å². The van der Waals surface area contributed by atoms with Gasteiger partial charge in [-0.15, -0.1) is 0 Å². The van der Waals surface area contributed by atoms with Gasteiger partial charge in [-0.2, -0.15) is 0 Å². The maximum atomic E-state index is 12.0. The van der Waals surface area contributed by atoms with Crippen LogP contribution in [0.5, 0.6) is 0 Å². The van der Waals surface area contributed by atoms with Crippen LogP contribution in [0.25, 0.3) is 0 Å². The Kier molecular flexibility index (Phi) is 5.00. The second-order valence-electron chi connectivity index (χ2n) is 5.74. The van der Waals surface area contributed by atoms with Gasteiger partial charge in [-0.25, -0.2) is 13.6 Å². The summed E-state index contributed by atoms with van der Waals surface area (Å²) >= 11 is 0. The summed E-state index contributed by atoms with van der Waals surface area (Å²) in [5.74, 6) is 0.759. The van der Waals surface area contributed by atoms with Crippen LogP contribution in [0.1, 0.15) is 31.7 Å². The van der Waals surface area contributed by atoms with Crippen molar-refractivity contribution in [2.75, 3.05) is 6.54 Å². The van der Waals surface area contributed by atoms with E-state index in [0.29, 0.717) is 18.9 Å². The van der Waals surface area contributed by atoms with E-state index in [9.17, 15) is 13.2 Å². The zero-order valence-corrected chi connectivity index (χ0v) is 13.0. The van der Waals surface area contributed by atoms with E-state index < -0.39 is 10.0 Å². The minimum atomic E-state index is -3.64. The molecular formula is C15H22N2O3S. The molecule has 1 aromatic rings. The Morgan fingerprint density at radius 1 is 1.29 bits per heavy atom. The van der Waals surface area contributed by atoms with E-state index in [0.717, 1.165) is 24.8 Å². The maximum absolute atomic E-state index is 12.0. The van der Waals surface area contributed by atoms with Crippen molar-refractivity contribution in [1.82, 2.24) is 5.32 Å². The summed E-state index contributed by atoms with van der Waals surface area (Å²) in [6.45, 7) is 2.69. The van der Waals surface area contributed by atoms with Gasteiger partial charge < -0.3 is 5.32 Å². The molecule has 116 valence electrons. The van der Waals surface area contributed by atoms with E-state index in [2.05, 4.69) is 12.2 Å². The van der Waals surface area contributed by atoms with Gasteiger partial charge in [0.15, 0.2) is 0 Å². The van der Waals surface area contributed by atoms with Crippen LogP contribution in [0.3, 0.4) is 0 Å². The van der Waals surface area contributed by atoms with Gasteiger partial charge in [0.05, 0.1) is 4.90 Å². The van der Waals surface area contributed by atoms with Gasteiger partial charge in [-0.1, -0.05) is 25.5 Å². The predicted molar refractivity (Wildman–Crippen MR) is 81.0 cm³/mol. The zero-order valence-electron chi connectivity index (χ0n) is 12.2. The van der Waals surface area contributed by atoms with Crippen molar-refractivity contribution in [3.8, 4) is 0 Å². The standard InChI is InChI=1S/C15H22N2O3S/c1-11-3-2-4-14(11)15(18)17-10-9-12-5-7-13(8-6-12)21(16,19)20/h5-8,11,14H,2-4,9-10H2,1H3,(H,17,18)(H2,16,19,20). The van der Waals surface area contributed by atoms with Gasteiger partial charge in [0, 0.05) is 12.5 Å². The Hall–Kier alpha value is -1.40. The molecule has 2 atom stereocenters. The second kappa shape index (κ2) is 6.58. The normalized spacial score (nSPS) is 22.2.